The number of sulfonamides is 1. The Labute approximate surface area is 161 Å². The summed E-state index contributed by atoms with van der Waals surface area (Å²) >= 11 is 0. The maximum atomic E-state index is 12.8. The van der Waals surface area contributed by atoms with E-state index >= 15 is 0 Å². The van der Waals surface area contributed by atoms with Gasteiger partial charge in [-0.05, 0) is 30.3 Å². The van der Waals surface area contributed by atoms with Gasteiger partial charge in [0.2, 0.25) is 10.0 Å². The SMILES string of the molecule is NS(=O)(=O)c1ccc(NC(=O)c2cc([N+](=O)[O-])ccc2N2CCOCC2)cc1. The number of nitrogens with zero attached hydrogens (tertiary/aromatic N) is 2. The molecule has 0 spiro atoms. The van der Waals surface area contributed by atoms with Crippen molar-refractivity contribution in [3.05, 3.63) is 58.1 Å². The van der Waals surface area contributed by atoms with Crippen LogP contribution in [0.5, 0.6) is 0 Å². The molecule has 0 bridgehead atoms. The summed E-state index contributed by atoms with van der Waals surface area (Å²) in [5, 5.41) is 18.8. The number of nitro benzene ring substituents is 1. The highest BCUT2D eigenvalue weighted by molar-refractivity contribution is 7.89. The van der Waals surface area contributed by atoms with Crippen LogP contribution in [0.4, 0.5) is 17.1 Å². The Hall–Kier alpha value is -3.02. The van der Waals surface area contributed by atoms with Gasteiger partial charge in [0.15, 0.2) is 0 Å². The smallest absolute Gasteiger partial charge is 0.270 e. The molecule has 10 nitrogen and oxygen atoms in total. The van der Waals surface area contributed by atoms with E-state index in [1.807, 2.05) is 4.90 Å². The van der Waals surface area contributed by atoms with E-state index in [1.54, 1.807) is 6.07 Å². The van der Waals surface area contributed by atoms with Crippen molar-refractivity contribution >= 4 is 33.0 Å². The van der Waals surface area contributed by atoms with Crippen LogP contribution in [-0.2, 0) is 14.8 Å². The number of ether oxygens (including phenoxy) is 1. The quantitative estimate of drug-likeness (QED) is 0.563. The molecule has 1 fully saturated rings. The first-order valence-corrected chi connectivity index (χ1v) is 9.86. The maximum Gasteiger partial charge on any atom is 0.270 e. The molecule has 3 rings (SSSR count). The van der Waals surface area contributed by atoms with Crippen LogP contribution in [0.15, 0.2) is 47.4 Å². The largest absolute Gasteiger partial charge is 0.378 e. The second kappa shape index (κ2) is 7.92. The number of morpholine rings is 1. The number of carbonyl (C=O) groups excluding carboxylic acids is 1. The van der Waals surface area contributed by atoms with Crippen LogP contribution >= 0.6 is 0 Å². The van der Waals surface area contributed by atoms with E-state index in [2.05, 4.69) is 5.32 Å². The lowest BCUT2D eigenvalue weighted by molar-refractivity contribution is -0.384. The lowest BCUT2D eigenvalue weighted by Gasteiger charge is -2.30. The highest BCUT2D eigenvalue weighted by Crippen LogP contribution is 2.27. The molecule has 0 unspecified atom stereocenters. The molecule has 1 heterocycles. The number of hydrogen-bond acceptors (Lipinski definition) is 7. The maximum absolute atomic E-state index is 12.8. The van der Waals surface area contributed by atoms with E-state index in [1.165, 1.54) is 36.4 Å². The highest BCUT2D eigenvalue weighted by atomic mass is 32.2. The molecule has 28 heavy (non-hydrogen) atoms. The summed E-state index contributed by atoms with van der Waals surface area (Å²) in [5.74, 6) is -0.548. The van der Waals surface area contributed by atoms with Gasteiger partial charge < -0.3 is 15.0 Å². The van der Waals surface area contributed by atoms with Crippen molar-refractivity contribution in [2.24, 2.45) is 5.14 Å². The Morgan fingerprint density at radius 1 is 1.14 bits per heavy atom. The van der Waals surface area contributed by atoms with E-state index in [0.29, 0.717) is 37.7 Å². The molecule has 2 aromatic rings. The van der Waals surface area contributed by atoms with E-state index in [-0.39, 0.29) is 16.1 Å². The fraction of sp³-hybridized carbons (Fsp3) is 0.235. The molecule has 1 saturated heterocycles. The summed E-state index contributed by atoms with van der Waals surface area (Å²) in [6.07, 6.45) is 0. The Morgan fingerprint density at radius 3 is 2.36 bits per heavy atom. The van der Waals surface area contributed by atoms with Gasteiger partial charge in [-0.2, -0.15) is 0 Å². The third-order valence-electron chi connectivity index (χ3n) is 4.23. The number of nitrogens with two attached hydrogens (primary N) is 1. The van der Waals surface area contributed by atoms with Crippen molar-refractivity contribution in [3.8, 4) is 0 Å². The van der Waals surface area contributed by atoms with Gasteiger partial charge in [0.05, 0.1) is 34.3 Å². The third-order valence-corrected chi connectivity index (χ3v) is 5.16. The summed E-state index contributed by atoms with van der Waals surface area (Å²) in [5.41, 5.74) is 0.836. The Kier molecular flexibility index (Phi) is 5.58. The molecule has 1 aliphatic heterocycles. The van der Waals surface area contributed by atoms with Crippen molar-refractivity contribution in [1.29, 1.82) is 0 Å². The predicted molar refractivity (Wildman–Crippen MR) is 102 cm³/mol. The van der Waals surface area contributed by atoms with Crippen LogP contribution in [0.25, 0.3) is 0 Å². The van der Waals surface area contributed by atoms with Crippen LogP contribution in [-0.4, -0.2) is 45.6 Å². The molecular formula is C17H18N4O6S. The van der Waals surface area contributed by atoms with Gasteiger partial charge in [0.1, 0.15) is 0 Å². The molecule has 1 aliphatic rings. The normalized spacial score (nSPS) is 14.5. The topological polar surface area (TPSA) is 145 Å². The monoisotopic (exact) mass is 406 g/mol. The zero-order valence-corrected chi connectivity index (χ0v) is 15.5. The number of nitro groups is 1. The van der Waals surface area contributed by atoms with Crippen LogP contribution in [0.2, 0.25) is 0 Å². The molecule has 0 atom stereocenters. The van der Waals surface area contributed by atoms with Crippen LogP contribution in [0.3, 0.4) is 0 Å². The van der Waals surface area contributed by atoms with Crippen molar-refractivity contribution < 1.29 is 22.9 Å². The van der Waals surface area contributed by atoms with Crippen LogP contribution < -0.4 is 15.4 Å². The van der Waals surface area contributed by atoms with Crippen molar-refractivity contribution in [3.63, 3.8) is 0 Å². The van der Waals surface area contributed by atoms with Gasteiger partial charge in [-0.1, -0.05) is 0 Å². The number of nitrogens with one attached hydrogen (secondary N) is 1. The molecule has 0 aromatic heterocycles. The lowest BCUT2D eigenvalue weighted by Crippen LogP contribution is -2.37. The van der Waals surface area contributed by atoms with Crippen LogP contribution in [0.1, 0.15) is 10.4 Å². The van der Waals surface area contributed by atoms with E-state index < -0.39 is 20.9 Å². The predicted octanol–water partition coefficient (Wildman–Crippen LogP) is 1.33. The van der Waals surface area contributed by atoms with Gasteiger partial charge in [0, 0.05) is 30.9 Å². The lowest BCUT2D eigenvalue weighted by atomic mass is 10.1. The van der Waals surface area contributed by atoms with Crippen LogP contribution in [0, 0.1) is 10.1 Å². The Balaban J connectivity index is 1.90. The summed E-state index contributed by atoms with van der Waals surface area (Å²) < 4.78 is 27.9. The number of hydrogen-bond donors (Lipinski definition) is 2. The minimum absolute atomic E-state index is 0.0881. The van der Waals surface area contributed by atoms with E-state index in [0.717, 1.165) is 0 Å². The molecule has 1 amide bonds. The third kappa shape index (κ3) is 4.44. The molecule has 3 N–H and O–H groups in total. The molecule has 148 valence electrons. The number of anilines is 2. The number of amides is 1. The highest BCUT2D eigenvalue weighted by Gasteiger charge is 2.22. The molecule has 0 aliphatic carbocycles. The van der Waals surface area contributed by atoms with Crippen molar-refractivity contribution in [2.75, 3.05) is 36.5 Å². The number of primary sulfonamides is 1. The van der Waals surface area contributed by atoms with Gasteiger partial charge in [-0.3, -0.25) is 14.9 Å². The van der Waals surface area contributed by atoms with Gasteiger partial charge in [-0.15, -0.1) is 0 Å². The summed E-state index contributed by atoms with van der Waals surface area (Å²) in [7, 11) is -3.84. The molecular weight excluding hydrogens is 388 g/mol. The first-order chi connectivity index (χ1) is 13.3. The van der Waals surface area contributed by atoms with Crippen molar-refractivity contribution in [2.45, 2.75) is 4.90 Å². The van der Waals surface area contributed by atoms with Gasteiger partial charge >= 0.3 is 0 Å². The molecule has 2 aromatic carbocycles. The minimum atomic E-state index is -3.84. The minimum Gasteiger partial charge on any atom is -0.378 e. The number of carbonyl (C=O) groups is 1. The second-order valence-corrected chi connectivity index (χ2v) is 7.64. The van der Waals surface area contributed by atoms with Gasteiger partial charge in [-0.25, -0.2) is 13.6 Å². The number of non-ortho nitro benzene ring substituents is 1. The zero-order valence-electron chi connectivity index (χ0n) is 14.7. The van der Waals surface area contributed by atoms with E-state index in [9.17, 15) is 23.3 Å². The second-order valence-electron chi connectivity index (χ2n) is 6.08. The number of rotatable bonds is 5. The Morgan fingerprint density at radius 2 is 1.79 bits per heavy atom. The number of benzene rings is 2. The standard InChI is InChI=1S/C17H18N4O6S/c18-28(25,26)14-4-1-12(2-5-14)19-17(22)15-11-13(21(23)24)3-6-16(15)20-7-9-27-10-8-20/h1-6,11H,7-10H2,(H,19,22)(H2,18,25,26). The van der Waals surface area contributed by atoms with Gasteiger partial charge in [0.25, 0.3) is 11.6 Å². The zero-order chi connectivity index (χ0) is 20.3. The molecule has 0 radical (unpaired) electrons. The van der Waals surface area contributed by atoms with E-state index in [4.69, 9.17) is 9.88 Å². The average Bonchev–Trinajstić information content (AvgIpc) is 2.68. The fourth-order valence-corrected chi connectivity index (χ4v) is 3.34. The van der Waals surface area contributed by atoms with Crippen molar-refractivity contribution in [1.82, 2.24) is 0 Å². The first-order valence-electron chi connectivity index (χ1n) is 8.31. The first kappa shape index (κ1) is 19.7. The average molecular weight is 406 g/mol. The fourth-order valence-electron chi connectivity index (χ4n) is 2.83. The molecule has 0 saturated carbocycles. The summed E-state index contributed by atoms with van der Waals surface area (Å²) in [6, 6.07) is 9.43. The molecule has 11 heteroatoms. The summed E-state index contributed by atoms with van der Waals surface area (Å²) in [4.78, 5) is 25.2. The summed E-state index contributed by atoms with van der Waals surface area (Å²) in [6.45, 7) is 2.10. The Bertz CT molecular complexity index is 1000.